The molecule has 5 rings (SSSR count). The van der Waals surface area contributed by atoms with Crippen molar-refractivity contribution in [2.75, 3.05) is 26.1 Å². The first-order valence-electron chi connectivity index (χ1n) is 8.70. The molecule has 144 valence electrons. The van der Waals surface area contributed by atoms with Crippen LogP contribution < -0.4 is 4.13 Å². The van der Waals surface area contributed by atoms with Gasteiger partial charge in [0.15, 0.2) is 0 Å². The molecular formula is C15H25NO7S2. The molecule has 4 aliphatic carbocycles. The largest absolute Gasteiger partial charge is 0.372 e. The van der Waals surface area contributed by atoms with Crippen molar-refractivity contribution in [3.63, 3.8) is 0 Å². The lowest BCUT2D eigenvalue weighted by molar-refractivity contribution is -0.200. The minimum absolute atomic E-state index is 0.00981. The molecule has 4 saturated carbocycles. The number of hydrogen-bond acceptors (Lipinski definition) is 7. The topological polar surface area (TPSA) is 111 Å². The Bertz CT molecular complexity index is 730. The minimum Gasteiger partial charge on any atom is -0.372 e. The number of nitrogens with one attached hydrogen (secondary N) is 1. The molecule has 0 aromatic rings. The minimum atomic E-state index is -4.32. The van der Waals surface area contributed by atoms with E-state index >= 15 is 0 Å². The summed E-state index contributed by atoms with van der Waals surface area (Å²) in [5.74, 6) is 1.05. The summed E-state index contributed by atoms with van der Waals surface area (Å²) in [7, 11) is -8.20. The molecule has 0 amide bonds. The second-order valence-electron chi connectivity index (χ2n) is 8.48. The first kappa shape index (κ1) is 18.1. The van der Waals surface area contributed by atoms with E-state index in [4.69, 9.17) is 13.7 Å². The molecule has 1 heterocycles. The molecule has 0 spiro atoms. The molecule has 25 heavy (non-hydrogen) atoms. The molecule has 4 bridgehead atoms. The monoisotopic (exact) mass is 395 g/mol. The fourth-order valence-corrected chi connectivity index (χ4v) is 7.63. The summed E-state index contributed by atoms with van der Waals surface area (Å²) >= 11 is 0. The second kappa shape index (κ2) is 5.87. The Hall–Kier alpha value is -0.260. The lowest BCUT2D eigenvalue weighted by Crippen LogP contribution is -2.58. The predicted octanol–water partition coefficient (Wildman–Crippen LogP) is 0.551. The Labute approximate surface area is 148 Å². The van der Waals surface area contributed by atoms with Crippen LogP contribution in [0.1, 0.15) is 38.5 Å². The molecule has 3 atom stereocenters. The Balaban J connectivity index is 1.45. The molecule has 3 unspecified atom stereocenters. The van der Waals surface area contributed by atoms with E-state index in [0.717, 1.165) is 45.0 Å². The number of sulfonamides is 1. The van der Waals surface area contributed by atoms with E-state index in [-0.39, 0.29) is 23.7 Å². The van der Waals surface area contributed by atoms with Crippen LogP contribution in [0.5, 0.6) is 0 Å². The molecule has 1 N–H and O–H groups in total. The molecule has 0 aromatic heterocycles. The Kier molecular flexibility index (Phi) is 4.25. The highest BCUT2D eigenvalue weighted by atomic mass is 32.3. The molecule has 0 aromatic carbocycles. The average Bonchev–Trinajstić information content (AvgIpc) is 3.24. The van der Waals surface area contributed by atoms with E-state index in [9.17, 15) is 16.8 Å². The quantitative estimate of drug-likeness (QED) is 0.598. The van der Waals surface area contributed by atoms with Crippen molar-refractivity contribution in [3.8, 4) is 0 Å². The maximum absolute atomic E-state index is 11.9. The molecule has 5 fully saturated rings. The second-order valence-corrected chi connectivity index (χ2v) is 11.8. The van der Waals surface area contributed by atoms with Gasteiger partial charge >= 0.3 is 10.3 Å². The smallest absolute Gasteiger partial charge is 0.349 e. The average molecular weight is 395 g/mol. The highest BCUT2D eigenvalue weighted by molar-refractivity contribution is 8.02. The summed E-state index contributed by atoms with van der Waals surface area (Å²) in [6.45, 7) is 1.37. The van der Waals surface area contributed by atoms with E-state index in [1.165, 1.54) is 6.42 Å². The molecule has 5 aliphatic rings. The van der Waals surface area contributed by atoms with Crippen LogP contribution in [0, 0.1) is 17.3 Å². The number of rotatable bonds is 8. The van der Waals surface area contributed by atoms with Gasteiger partial charge < -0.3 is 9.47 Å². The molecule has 1 saturated heterocycles. The van der Waals surface area contributed by atoms with Crippen molar-refractivity contribution in [2.24, 2.45) is 17.3 Å². The SMILES string of the molecule is CS(=O)(=O)NS(=O)(=O)OCC12CC3CC(C1)CC(OCC1CO1)(C3)C2. The van der Waals surface area contributed by atoms with E-state index in [1.807, 2.05) is 0 Å². The van der Waals surface area contributed by atoms with Gasteiger partial charge in [-0.25, -0.2) is 8.42 Å². The normalized spacial score (nSPS) is 42.7. The fourth-order valence-electron chi connectivity index (χ4n) is 5.55. The zero-order chi connectivity index (χ0) is 17.9. The van der Waals surface area contributed by atoms with Crippen molar-refractivity contribution >= 4 is 20.3 Å². The van der Waals surface area contributed by atoms with Crippen LogP contribution in [0.3, 0.4) is 0 Å². The summed E-state index contributed by atoms with van der Waals surface area (Å²) in [6, 6.07) is 0. The van der Waals surface area contributed by atoms with Crippen molar-refractivity contribution in [1.29, 1.82) is 0 Å². The lowest BCUT2D eigenvalue weighted by atomic mass is 9.48. The van der Waals surface area contributed by atoms with Gasteiger partial charge in [0, 0.05) is 0 Å². The summed E-state index contributed by atoms with van der Waals surface area (Å²) in [5.41, 5.74) is -0.450. The van der Waals surface area contributed by atoms with Gasteiger partial charge in [0.05, 0.1) is 31.7 Å². The molecule has 8 nitrogen and oxygen atoms in total. The highest BCUT2D eigenvalue weighted by Crippen LogP contribution is 2.63. The standard InChI is InChI=1S/C15H25NO7S2/c1-24(17,18)16-25(19,20)23-10-14-3-11-2-12(4-14)6-15(5-11,9-14)22-8-13-7-21-13/h11-13,16H,2-10H2,1H3. The highest BCUT2D eigenvalue weighted by Gasteiger charge is 2.59. The third-order valence-electron chi connectivity index (χ3n) is 5.88. The van der Waals surface area contributed by atoms with Crippen molar-refractivity contribution in [3.05, 3.63) is 0 Å². The molecule has 0 radical (unpaired) electrons. The van der Waals surface area contributed by atoms with E-state index < -0.39 is 20.3 Å². The van der Waals surface area contributed by atoms with Gasteiger partial charge in [-0.2, -0.15) is 8.42 Å². The predicted molar refractivity (Wildman–Crippen MR) is 88.4 cm³/mol. The van der Waals surface area contributed by atoms with Gasteiger partial charge in [0.2, 0.25) is 10.0 Å². The van der Waals surface area contributed by atoms with Crippen LogP contribution >= 0.6 is 0 Å². The first-order chi connectivity index (χ1) is 11.6. The Morgan fingerprint density at radius 2 is 1.76 bits per heavy atom. The van der Waals surface area contributed by atoms with Crippen LogP contribution in [0.15, 0.2) is 0 Å². The molecule has 10 heteroatoms. The van der Waals surface area contributed by atoms with Gasteiger partial charge in [-0.15, -0.1) is 0 Å². The van der Waals surface area contributed by atoms with Gasteiger partial charge in [-0.1, -0.05) is 4.13 Å². The third kappa shape index (κ3) is 4.19. The van der Waals surface area contributed by atoms with Crippen LogP contribution in [-0.4, -0.2) is 54.6 Å². The molecular weight excluding hydrogens is 370 g/mol. The maximum atomic E-state index is 11.9. The van der Waals surface area contributed by atoms with Crippen molar-refractivity contribution < 1.29 is 30.5 Å². The van der Waals surface area contributed by atoms with Crippen LogP contribution in [0.4, 0.5) is 0 Å². The molecule has 1 aliphatic heterocycles. The van der Waals surface area contributed by atoms with Gasteiger partial charge in [0.1, 0.15) is 6.10 Å². The summed E-state index contributed by atoms with van der Waals surface area (Å²) in [5, 5.41) is 0. The van der Waals surface area contributed by atoms with Gasteiger partial charge in [0.25, 0.3) is 0 Å². The summed E-state index contributed by atoms with van der Waals surface area (Å²) in [6.07, 6.45) is 6.82. The fraction of sp³-hybridized carbons (Fsp3) is 1.00. The zero-order valence-corrected chi connectivity index (χ0v) is 15.9. The number of hydrogen-bond donors (Lipinski definition) is 1. The van der Waals surface area contributed by atoms with E-state index in [1.54, 1.807) is 4.13 Å². The van der Waals surface area contributed by atoms with Crippen molar-refractivity contribution in [2.45, 2.75) is 50.2 Å². The van der Waals surface area contributed by atoms with Crippen molar-refractivity contribution in [1.82, 2.24) is 4.13 Å². The maximum Gasteiger partial charge on any atom is 0.349 e. The first-order valence-corrected chi connectivity index (χ1v) is 12.0. The summed E-state index contributed by atoms with van der Waals surface area (Å²) < 4.78 is 64.3. The number of epoxide rings is 1. The third-order valence-corrected chi connectivity index (χ3v) is 8.34. The number of ether oxygens (including phenoxy) is 2. The van der Waals surface area contributed by atoms with Crippen LogP contribution in [0.25, 0.3) is 0 Å². The van der Waals surface area contributed by atoms with Gasteiger partial charge in [-0.05, 0) is 55.8 Å². The van der Waals surface area contributed by atoms with E-state index in [0.29, 0.717) is 18.4 Å². The van der Waals surface area contributed by atoms with E-state index in [2.05, 4.69) is 0 Å². The zero-order valence-electron chi connectivity index (χ0n) is 14.3. The Morgan fingerprint density at radius 3 is 2.32 bits per heavy atom. The van der Waals surface area contributed by atoms with Crippen LogP contribution in [0.2, 0.25) is 0 Å². The lowest BCUT2D eigenvalue weighted by Gasteiger charge is -2.61. The van der Waals surface area contributed by atoms with Gasteiger partial charge in [-0.3, -0.25) is 4.18 Å². The van der Waals surface area contributed by atoms with Crippen LogP contribution in [-0.2, 0) is 34.0 Å². The Morgan fingerprint density at radius 1 is 1.12 bits per heavy atom. The summed E-state index contributed by atoms with van der Waals surface area (Å²) in [4.78, 5) is 0.